The van der Waals surface area contributed by atoms with Crippen molar-refractivity contribution in [3.8, 4) is 11.5 Å². The number of carbonyl (C=O) groups excluding carboxylic acids is 1. The molecule has 2 aromatic rings. The first-order valence-electron chi connectivity index (χ1n) is 8.62. The number of esters is 1. The molecular formula is C21H26O3. The number of benzene rings is 2. The van der Waals surface area contributed by atoms with Crippen molar-refractivity contribution in [3.05, 3.63) is 58.7 Å². The average Bonchev–Trinajstić information content (AvgIpc) is 2.60. The van der Waals surface area contributed by atoms with Crippen molar-refractivity contribution in [2.45, 2.75) is 53.6 Å². The Morgan fingerprint density at radius 3 is 2.29 bits per heavy atom. The Morgan fingerprint density at radius 2 is 1.62 bits per heavy atom. The van der Waals surface area contributed by atoms with E-state index in [0.29, 0.717) is 18.8 Å². The molecule has 0 spiro atoms. The maximum atomic E-state index is 11.6. The number of para-hydroxylation sites is 1. The van der Waals surface area contributed by atoms with E-state index in [4.69, 9.17) is 9.47 Å². The molecule has 2 aromatic carbocycles. The fraction of sp³-hybridized carbons (Fsp3) is 0.381. The molecule has 0 aromatic heterocycles. The van der Waals surface area contributed by atoms with Crippen LogP contribution in [-0.2, 0) is 24.2 Å². The lowest BCUT2D eigenvalue weighted by atomic mass is 10.0. The molecule has 24 heavy (non-hydrogen) atoms. The molecule has 128 valence electrons. The first kappa shape index (κ1) is 18.1. The Balaban J connectivity index is 2.19. The van der Waals surface area contributed by atoms with Gasteiger partial charge in [0.05, 0.1) is 0 Å². The van der Waals surface area contributed by atoms with Gasteiger partial charge in [0.1, 0.15) is 18.1 Å². The largest absolute Gasteiger partial charge is 0.488 e. The highest BCUT2D eigenvalue weighted by atomic mass is 16.5. The summed E-state index contributed by atoms with van der Waals surface area (Å²) in [4.78, 5) is 11.6. The summed E-state index contributed by atoms with van der Waals surface area (Å²) < 4.78 is 11.4. The zero-order valence-corrected chi connectivity index (χ0v) is 15.0. The van der Waals surface area contributed by atoms with Crippen LogP contribution in [-0.4, -0.2) is 5.97 Å². The van der Waals surface area contributed by atoms with Gasteiger partial charge < -0.3 is 9.47 Å². The zero-order valence-electron chi connectivity index (χ0n) is 15.0. The van der Waals surface area contributed by atoms with E-state index in [-0.39, 0.29) is 5.97 Å². The average molecular weight is 326 g/mol. The lowest BCUT2D eigenvalue weighted by Crippen LogP contribution is -2.09. The highest BCUT2D eigenvalue weighted by Gasteiger charge is 2.11. The van der Waals surface area contributed by atoms with Crippen molar-refractivity contribution in [3.63, 3.8) is 0 Å². The maximum Gasteiger partial charge on any atom is 0.310 e. The van der Waals surface area contributed by atoms with E-state index in [0.717, 1.165) is 24.2 Å². The number of hydrogen-bond acceptors (Lipinski definition) is 3. The SMILES string of the molecule is CCC(=O)Oc1ccccc1COc1cc(C)c(CC)cc1CC. The normalized spacial score (nSPS) is 10.5. The molecule has 0 heterocycles. The molecule has 3 nitrogen and oxygen atoms in total. The van der Waals surface area contributed by atoms with Crippen LogP contribution in [0.4, 0.5) is 0 Å². The van der Waals surface area contributed by atoms with E-state index in [1.165, 1.54) is 16.7 Å². The quantitative estimate of drug-likeness (QED) is 0.530. The molecule has 2 rings (SSSR count). The third-order valence-electron chi connectivity index (χ3n) is 4.15. The number of carbonyl (C=O) groups is 1. The summed E-state index contributed by atoms with van der Waals surface area (Å²) in [5, 5.41) is 0. The second kappa shape index (κ2) is 8.53. The van der Waals surface area contributed by atoms with Gasteiger partial charge in [-0.05, 0) is 48.6 Å². The Kier molecular flexibility index (Phi) is 6.42. The predicted octanol–water partition coefficient (Wildman–Crippen LogP) is 5.01. The fourth-order valence-corrected chi connectivity index (χ4v) is 2.64. The molecule has 0 unspecified atom stereocenters. The van der Waals surface area contributed by atoms with E-state index >= 15 is 0 Å². The monoisotopic (exact) mass is 326 g/mol. The Hall–Kier alpha value is -2.29. The summed E-state index contributed by atoms with van der Waals surface area (Å²) in [5.74, 6) is 1.24. The minimum absolute atomic E-state index is 0.236. The summed E-state index contributed by atoms with van der Waals surface area (Å²) in [5.41, 5.74) is 4.69. The summed E-state index contributed by atoms with van der Waals surface area (Å²) in [7, 11) is 0. The van der Waals surface area contributed by atoms with E-state index in [1.807, 2.05) is 18.2 Å². The molecular weight excluding hydrogens is 300 g/mol. The molecule has 0 saturated heterocycles. The van der Waals surface area contributed by atoms with Crippen molar-refractivity contribution in [2.24, 2.45) is 0 Å². The Morgan fingerprint density at radius 1 is 0.917 bits per heavy atom. The van der Waals surface area contributed by atoms with Crippen LogP contribution in [0.2, 0.25) is 0 Å². The molecule has 0 amide bonds. The Labute approximate surface area is 144 Å². The van der Waals surface area contributed by atoms with Gasteiger partial charge in [0.25, 0.3) is 0 Å². The highest BCUT2D eigenvalue weighted by Crippen LogP contribution is 2.27. The van der Waals surface area contributed by atoms with Crippen molar-refractivity contribution >= 4 is 5.97 Å². The van der Waals surface area contributed by atoms with Gasteiger partial charge >= 0.3 is 5.97 Å². The predicted molar refractivity (Wildman–Crippen MR) is 96.6 cm³/mol. The van der Waals surface area contributed by atoms with Crippen molar-refractivity contribution in [1.82, 2.24) is 0 Å². The third kappa shape index (κ3) is 4.38. The number of ether oxygens (including phenoxy) is 2. The van der Waals surface area contributed by atoms with E-state index in [1.54, 1.807) is 13.0 Å². The molecule has 0 fully saturated rings. The van der Waals surface area contributed by atoms with Gasteiger partial charge in [0.15, 0.2) is 0 Å². The van der Waals surface area contributed by atoms with Crippen molar-refractivity contribution in [2.75, 3.05) is 0 Å². The highest BCUT2D eigenvalue weighted by molar-refractivity contribution is 5.72. The minimum Gasteiger partial charge on any atom is -0.488 e. The van der Waals surface area contributed by atoms with Crippen LogP contribution in [0.25, 0.3) is 0 Å². The second-order valence-corrected chi connectivity index (χ2v) is 5.82. The summed E-state index contributed by atoms with van der Waals surface area (Å²) >= 11 is 0. The Bertz CT molecular complexity index is 704. The molecule has 0 saturated carbocycles. The molecule has 0 aliphatic heterocycles. The van der Waals surface area contributed by atoms with Gasteiger partial charge in [-0.1, -0.05) is 45.0 Å². The summed E-state index contributed by atoms with van der Waals surface area (Å²) in [6.07, 6.45) is 2.30. The van der Waals surface area contributed by atoms with E-state index in [2.05, 4.69) is 32.9 Å². The lowest BCUT2D eigenvalue weighted by molar-refractivity contribution is -0.134. The summed E-state index contributed by atoms with van der Waals surface area (Å²) in [6, 6.07) is 11.9. The third-order valence-corrected chi connectivity index (χ3v) is 4.15. The topological polar surface area (TPSA) is 35.5 Å². The van der Waals surface area contributed by atoms with Crippen LogP contribution in [0.1, 0.15) is 49.4 Å². The molecule has 0 N–H and O–H groups in total. The van der Waals surface area contributed by atoms with Gasteiger partial charge in [-0.3, -0.25) is 4.79 Å². The van der Waals surface area contributed by atoms with Gasteiger partial charge in [0, 0.05) is 12.0 Å². The first-order chi connectivity index (χ1) is 11.6. The van der Waals surface area contributed by atoms with Crippen LogP contribution in [0, 0.1) is 6.92 Å². The van der Waals surface area contributed by atoms with Crippen molar-refractivity contribution in [1.29, 1.82) is 0 Å². The zero-order chi connectivity index (χ0) is 17.5. The van der Waals surface area contributed by atoms with Crippen molar-refractivity contribution < 1.29 is 14.3 Å². The first-order valence-corrected chi connectivity index (χ1v) is 8.62. The molecule has 0 bridgehead atoms. The van der Waals surface area contributed by atoms with Crippen LogP contribution >= 0.6 is 0 Å². The van der Waals surface area contributed by atoms with Crippen LogP contribution in [0.3, 0.4) is 0 Å². The van der Waals surface area contributed by atoms with Crippen LogP contribution in [0.15, 0.2) is 36.4 Å². The van der Waals surface area contributed by atoms with Gasteiger partial charge in [-0.25, -0.2) is 0 Å². The smallest absolute Gasteiger partial charge is 0.310 e. The molecule has 0 aliphatic carbocycles. The minimum atomic E-state index is -0.236. The number of hydrogen-bond donors (Lipinski definition) is 0. The molecule has 3 heteroatoms. The molecule has 0 atom stereocenters. The van der Waals surface area contributed by atoms with E-state index in [9.17, 15) is 4.79 Å². The van der Waals surface area contributed by atoms with Gasteiger partial charge in [0.2, 0.25) is 0 Å². The second-order valence-electron chi connectivity index (χ2n) is 5.82. The number of rotatable bonds is 7. The lowest BCUT2D eigenvalue weighted by Gasteiger charge is -2.15. The standard InChI is InChI=1S/C21H26O3/c1-5-16-13-17(6-2)20(12-15(16)4)23-14-18-10-8-9-11-19(18)24-21(22)7-3/h8-13H,5-7,14H2,1-4H3. The van der Waals surface area contributed by atoms with E-state index < -0.39 is 0 Å². The molecule has 0 radical (unpaired) electrons. The van der Waals surface area contributed by atoms with Gasteiger partial charge in [-0.15, -0.1) is 0 Å². The molecule has 0 aliphatic rings. The fourth-order valence-electron chi connectivity index (χ4n) is 2.64. The van der Waals surface area contributed by atoms with Crippen LogP contribution in [0.5, 0.6) is 11.5 Å². The van der Waals surface area contributed by atoms with Crippen LogP contribution < -0.4 is 9.47 Å². The number of aryl methyl sites for hydroxylation is 3. The summed E-state index contributed by atoms with van der Waals surface area (Å²) in [6.45, 7) is 8.58. The van der Waals surface area contributed by atoms with Gasteiger partial charge in [-0.2, -0.15) is 0 Å². The maximum absolute atomic E-state index is 11.6.